The molecule has 0 atom stereocenters. The van der Waals surface area contributed by atoms with Gasteiger partial charge in [0.15, 0.2) is 5.78 Å². The van der Waals surface area contributed by atoms with E-state index in [4.69, 9.17) is 32.7 Å². The largest absolute Gasteiger partial charge is 0.497 e. The summed E-state index contributed by atoms with van der Waals surface area (Å²) in [5.41, 5.74) is 0.507. The fourth-order valence-electron chi connectivity index (χ4n) is 3.81. The van der Waals surface area contributed by atoms with Gasteiger partial charge in [0.25, 0.3) is 5.91 Å². The quantitative estimate of drug-likeness (QED) is 0.710. The summed E-state index contributed by atoms with van der Waals surface area (Å²) in [5, 5.41) is 0.770. The number of fused-ring (bicyclic) bond motifs is 1. The van der Waals surface area contributed by atoms with Crippen molar-refractivity contribution in [3.8, 4) is 11.5 Å². The van der Waals surface area contributed by atoms with Crippen LogP contribution in [0.15, 0.2) is 36.4 Å². The number of carbonyl (C=O) groups is 2. The van der Waals surface area contributed by atoms with Crippen LogP contribution in [0, 0.1) is 0 Å². The number of carbonyl (C=O) groups excluding carboxylic acids is 2. The summed E-state index contributed by atoms with van der Waals surface area (Å²) in [6.45, 7) is 1.01. The van der Waals surface area contributed by atoms with E-state index >= 15 is 0 Å². The summed E-state index contributed by atoms with van der Waals surface area (Å²) in [4.78, 5) is 27.2. The van der Waals surface area contributed by atoms with Crippen molar-refractivity contribution in [3.05, 3.63) is 57.6 Å². The van der Waals surface area contributed by atoms with Crippen LogP contribution in [0.1, 0.15) is 40.0 Å². The van der Waals surface area contributed by atoms with Gasteiger partial charge in [-0.25, -0.2) is 0 Å². The van der Waals surface area contributed by atoms with Crippen LogP contribution >= 0.6 is 23.2 Å². The monoisotopic (exact) mass is 419 g/mol. The van der Waals surface area contributed by atoms with Gasteiger partial charge in [-0.05, 0) is 30.3 Å². The molecule has 2 aliphatic heterocycles. The predicted molar refractivity (Wildman–Crippen MR) is 107 cm³/mol. The summed E-state index contributed by atoms with van der Waals surface area (Å²) >= 11 is 12.0. The van der Waals surface area contributed by atoms with E-state index in [1.54, 1.807) is 48.4 Å². The summed E-state index contributed by atoms with van der Waals surface area (Å²) in [6, 6.07) is 10.1. The highest BCUT2D eigenvalue weighted by atomic mass is 35.5. The molecule has 146 valence electrons. The van der Waals surface area contributed by atoms with Crippen LogP contribution in [0.4, 0.5) is 0 Å². The van der Waals surface area contributed by atoms with Crippen LogP contribution in [0.25, 0.3) is 0 Å². The van der Waals surface area contributed by atoms with Gasteiger partial charge in [-0.3, -0.25) is 9.59 Å². The Labute approximate surface area is 173 Å². The van der Waals surface area contributed by atoms with Crippen molar-refractivity contribution in [2.75, 3.05) is 20.2 Å². The molecule has 2 aromatic carbocycles. The van der Waals surface area contributed by atoms with Crippen molar-refractivity contribution in [2.45, 2.75) is 24.9 Å². The fourth-order valence-corrected chi connectivity index (χ4v) is 4.11. The molecule has 0 bridgehead atoms. The molecular formula is C21H19Cl2NO4. The zero-order valence-corrected chi connectivity index (χ0v) is 16.8. The van der Waals surface area contributed by atoms with Gasteiger partial charge in [-0.15, -0.1) is 0 Å². The molecule has 4 rings (SSSR count). The Balaban J connectivity index is 1.49. The van der Waals surface area contributed by atoms with Crippen LogP contribution in [0.5, 0.6) is 11.5 Å². The van der Waals surface area contributed by atoms with E-state index in [-0.39, 0.29) is 11.7 Å². The molecule has 1 saturated heterocycles. The van der Waals surface area contributed by atoms with Gasteiger partial charge in [0.05, 0.1) is 29.1 Å². The third kappa shape index (κ3) is 3.45. The minimum atomic E-state index is -0.579. The van der Waals surface area contributed by atoms with Crippen LogP contribution in [0.2, 0.25) is 10.0 Å². The van der Waals surface area contributed by atoms with Crippen molar-refractivity contribution >= 4 is 34.9 Å². The highest BCUT2D eigenvalue weighted by Gasteiger charge is 2.43. The Kier molecular flexibility index (Phi) is 4.98. The number of likely N-dealkylation sites (tertiary alicyclic amines) is 1. The van der Waals surface area contributed by atoms with Gasteiger partial charge in [-0.2, -0.15) is 0 Å². The van der Waals surface area contributed by atoms with Crippen molar-refractivity contribution in [2.24, 2.45) is 0 Å². The summed E-state index contributed by atoms with van der Waals surface area (Å²) in [5.74, 6) is 1.17. The zero-order valence-electron chi connectivity index (χ0n) is 15.3. The number of benzene rings is 2. The van der Waals surface area contributed by atoms with E-state index in [1.807, 2.05) is 0 Å². The second-order valence-electron chi connectivity index (χ2n) is 7.17. The van der Waals surface area contributed by atoms with Crippen molar-refractivity contribution in [1.82, 2.24) is 4.90 Å². The second-order valence-corrected chi connectivity index (χ2v) is 7.98. The molecule has 0 N–H and O–H groups in total. The highest BCUT2D eigenvalue weighted by molar-refractivity contribution is 6.42. The van der Waals surface area contributed by atoms with Gasteiger partial charge in [0.2, 0.25) is 0 Å². The highest BCUT2D eigenvalue weighted by Crippen LogP contribution is 2.41. The van der Waals surface area contributed by atoms with Gasteiger partial charge >= 0.3 is 0 Å². The fraction of sp³-hybridized carbons (Fsp3) is 0.333. The molecule has 1 fully saturated rings. The number of halogens is 2. The maximum Gasteiger partial charge on any atom is 0.253 e. The molecule has 0 radical (unpaired) electrons. The summed E-state index contributed by atoms with van der Waals surface area (Å²) < 4.78 is 11.5. The molecule has 28 heavy (non-hydrogen) atoms. The van der Waals surface area contributed by atoms with Crippen molar-refractivity contribution < 1.29 is 19.1 Å². The van der Waals surface area contributed by atoms with Crippen molar-refractivity contribution in [1.29, 1.82) is 0 Å². The molecule has 1 amide bonds. The molecule has 2 aliphatic rings. The standard InChI is InChI=1S/C21H19Cl2NO4/c1-27-14-3-4-15-18(25)12-21(28-19(15)11-14)6-8-24(9-7-21)20(26)13-2-5-16(22)17(23)10-13/h2-5,10-11H,6-9,12H2,1H3. The Hall–Kier alpha value is -2.24. The summed E-state index contributed by atoms with van der Waals surface area (Å²) in [6.07, 6.45) is 1.49. The number of methoxy groups -OCH3 is 1. The van der Waals surface area contributed by atoms with E-state index in [2.05, 4.69) is 0 Å². The third-order valence-electron chi connectivity index (χ3n) is 5.43. The Bertz CT molecular complexity index is 951. The number of piperidine rings is 1. The smallest absolute Gasteiger partial charge is 0.253 e. The first-order valence-corrected chi connectivity index (χ1v) is 9.81. The van der Waals surface area contributed by atoms with Crippen LogP contribution in [0.3, 0.4) is 0 Å². The lowest BCUT2D eigenvalue weighted by Crippen LogP contribution is -2.52. The number of amides is 1. The molecule has 1 spiro atoms. The van der Waals surface area contributed by atoms with Crippen LogP contribution in [-0.4, -0.2) is 42.4 Å². The first-order chi connectivity index (χ1) is 13.4. The molecule has 0 aromatic heterocycles. The topological polar surface area (TPSA) is 55.8 Å². The number of nitrogens with zero attached hydrogens (tertiary/aromatic N) is 1. The number of hydrogen-bond donors (Lipinski definition) is 0. The Morgan fingerprint density at radius 1 is 1.11 bits per heavy atom. The SMILES string of the molecule is COc1ccc2c(c1)OC1(CCN(C(=O)c3ccc(Cl)c(Cl)c3)CC1)CC2=O. The number of ketones is 1. The van der Waals surface area contributed by atoms with E-state index in [0.717, 1.165) is 0 Å². The second kappa shape index (κ2) is 7.30. The Morgan fingerprint density at radius 3 is 2.54 bits per heavy atom. The van der Waals surface area contributed by atoms with E-state index < -0.39 is 5.60 Å². The van der Waals surface area contributed by atoms with Crippen molar-refractivity contribution in [3.63, 3.8) is 0 Å². The van der Waals surface area contributed by atoms with Gasteiger partial charge < -0.3 is 14.4 Å². The van der Waals surface area contributed by atoms with Gasteiger partial charge in [0, 0.05) is 37.6 Å². The lowest BCUT2D eigenvalue weighted by molar-refractivity contribution is -0.00580. The number of rotatable bonds is 2. The lowest BCUT2D eigenvalue weighted by atomic mass is 9.82. The number of hydrogen-bond acceptors (Lipinski definition) is 4. The number of Topliss-reactive ketones (excluding diaryl/α,β-unsaturated/α-hetero) is 1. The molecule has 5 nitrogen and oxygen atoms in total. The molecule has 0 saturated carbocycles. The predicted octanol–water partition coefficient (Wildman–Crippen LogP) is 4.64. The minimum Gasteiger partial charge on any atom is -0.497 e. The van der Waals surface area contributed by atoms with Crippen LogP contribution in [-0.2, 0) is 0 Å². The van der Waals surface area contributed by atoms with E-state index in [9.17, 15) is 9.59 Å². The first-order valence-electron chi connectivity index (χ1n) is 9.05. The normalized spacial score (nSPS) is 17.8. The maximum absolute atomic E-state index is 12.8. The van der Waals surface area contributed by atoms with Gasteiger partial charge in [-0.1, -0.05) is 23.2 Å². The molecule has 0 aliphatic carbocycles. The molecule has 2 heterocycles. The molecule has 7 heteroatoms. The molecular weight excluding hydrogens is 401 g/mol. The van der Waals surface area contributed by atoms with Crippen LogP contribution < -0.4 is 9.47 Å². The Morgan fingerprint density at radius 2 is 1.86 bits per heavy atom. The first kappa shape index (κ1) is 19.1. The van der Waals surface area contributed by atoms with E-state index in [0.29, 0.717) is 65.0 Å². The average Bonchev–Trinajstić information content (AvgIpc) is 2.69. The third-order valence-corrected chi connectivity index (χ3v) is 6.17. The average molecular weight is 420 g/mol. The number of ether oxygens (including phenoxy) is 2. The lowest BCUT2D eigenvalue weighted by Gasteiger charge is -2.44. The molecule has 2 aromatic rings. The van der Waals surface area contributed by atoms with E-state index in [1.165, 1.54) is 0 Å². The minimum absolute atomic E-state index is 0.0631. The molecule has 0 unspecified atom stereocenters. The zero-order chi connectivity index (χ0) is 19.9. The summed E-state index contributed by atoms with van der Waals surface area (Å²) in [7, 11) is 1.58. The maximum atomic E-state index is 12.8. The van der Waals surface area contributed by atoms with Gasteiger partial charge in [0.1, 0.15) is 17.1 Å².